The quantitative estimate of drug-likeness (QED) is 0.358. The zero-order valence-electron chi connectivity index (χ0n) is 18.4. The van der Waals surface area contributed by atoms with Gasteiger partial charge in [0, 0.05) is 22.6 Å². The van der Waals surface area contributed by atoms with Gasteiger partial charge in [-0.15, -0.1) is 11.3 Å². The number of hydrogen-bond acceptors (Lipinski definition) is 9. The SMILES string of the molecule is CC1=C[C@@H](O)C(=O)/C=C\C=C/c2csc(n2)[C@@H](C)NC(=O)C[C@]2(CC1)S(=O)SC(=O)[C@]2(C)O. The van der Waals surface area contributed by atoms with Crippen LogP contribution in [0.25, 0.3) is 6.08 Å². The molecule has 11 heteroatoms. The third-order valence-electron chi connectivity index (χ3n) is 5.78. The highest BCUT2D eigenvalue weighted by Gasteiger charge is 2.63. The van der Waals surface area contributed by atoms with E-state index in [1.807, 2.05) is 0 Å². The number of allylic oxidation sites excluding steroid dienone is 3. The smallest absolute Gasteiger partial charge is 0.234 e. The number of ketones is 1. The molecule has 0 aliphatic carbocycles. The maximum absolute atomic E-state index is 13.0. The van der Waals surface area contributed by atoms with Crippen LogP contribution in [0.3, 0.4) is 0 Å². The van der Waals surface area contributed by atoms with Gasteiger partial charge in [0.15, 0.2) is 5.78 Å². The summed E-state index contributed by atoms with van der Waals surface area (Å²) in [5, 5.41) is 25.8. The van der Waals surface area contributed by atoms with Crippen LogP contribution >= 0.6 is 22.1 Å². The van der Waals surface area contributed by atoms with Gasteiger partial charge in [0.2, 0.25) is 11.0 Å². The van der Waals surface area contributed by atoms with E-state index in [2.05, 4.69) is 10.3 Å². The van der Waals surface area contributed by atoms with Crippen LogP contribution in [0, 0.1) is 0 Å². The van der Waals surface area contributed by atoms with Crippen molar-refractivity contribution in [2.75, 3.05) is 0 Å². The molecule has 8 nitrogen and oxygen atoms in total. The van der Waals surface area contributed by atoms with Crippen molar-refractivity contribution in [3.8, 4) is 0 Å². The fourth-order valence-electron chi connectivity index (χ4n) is 3.65. The van der Waals surface area contributed by atoms with E-state index in [-0.39, 0.29) is 19.3 Å². The highest BCUT2D eigenvalue weighted by molar-refractivity contribution is 8.76. The summed E-state index contributed by atoms with van der Waals surface area (Å²) in [6, 6.07) is -0.433. The van der Waals surface area contributed by atoms with Crippen LogP contribution < -0.4 is 5.32 Å². The highest BCUT2D eigenvalue weighted by atomic mass is 33.1. The molecule has 1 aromatic heterocycles. The Bertz CT molecular complexity index is 1070. The lowest BCUT2D eigenvalue weighted by Crippen LogP contribution is -2.55. The second-order valence-electron chi connectivity index (χ2n) is 8.33. The summed E-state index contributed by atoms with van der Waals surface area (Å²) in [5.41, 5.74) is -0.732. The Balaban J connectivity index is 1.99. The van der Waals surface area contributed by atoms with E-state index in [1.165, 1.54) is 36.5 Å². The molecule has 2 aliphatic heterocycles. The van der Waals surface area contributed by atoms with Gasteiger partial charge in [-0.2, -0.15) is 0 Å². The van der Waals surface area contributed by atoms with Crippen LogP contribution in [0.2, 0.25) is 0 Å². The molecule has 0 radical (unpaired) electrons. The van der Waals surface area contributed by atoms with Crippen molar-refractivity contribution in [2.45, 2.75) is 62.5 Å². The number of fused-ring (bicyclic) bond motifs is 2. The van der Waals surface area contributed by atoms with Crippen LogP contribution in [-0.4, -0.2) is 52.7 Å². The molecular formula is C22H26N2O6S3. The van der Waals surface area contributed by atoms with Crippen LogP contribution in [0.1, 0.15) is 56.8 Å². The fraction of sp³-hybridized carbons (Fsp3) is 0.455. The van der Waals surface area contributed by atoms with E-state index in [0.29, 0.717) is 27.1 Å². The Morgan fingerprint density at radius 1 is 1.24 bits per heavy atom. The van der Waals surface area contributed by atoms with E-state index < -0.39 is 49.1 Å². The van der Waals surface area contributed by atoms with Crippen LogP contribution in [-0.2, 0) is 24.2 Å². The molecule has 1 saturated heterocycles. The average Bonchev–Trinajstić information content (AvgIpc) is 3.27. The minimum atomic E-state index is -1.99. The Kier molecular flexibility index (Phi) is 7.90. The van der Waals surface area contributed by atoms with E-state index >= 15 is 0 Å². The first-order valence-corrected chi connectivity index (χ1v) is 13.7. The molecule has 1 spiro atoms. The number of aliphatic hydroxyl groups is 2. The molecule has 5 atom stereocenters. The van der Waals surface area contributed by atoms with Crippen molar-refractivity contribution in [1.82, 2.24) is 10.3 Å². The van der Waals surface area contributed by atoms with Gasteiger partial charge in [-0.3, -0.25) is 14.4 Å². The van der Waals surface area contributed by atoms with Gasteiger partial charge >= 0.3 is 0 Å². The van der Waals surface area contributed by atoms with Crippen LogP contribution in [0.4, 0.5) is 0 Å². The molecule has 1 fully saturated rings. The summed E-state index contributed by atoms with van der Waals surface area (Å²) in [4.78, 5) is 42.0. The number of aliphatic hydroxyl groups excluding tert-OH is 1. The lowest BCUT2D eigenvalue weighted by atomic mass is 9.81. The predicted octanol–water partition coefficient (Wildman–Crippen LogP) is 2.38. The molecule has 2 aliphatic rings. The number of amides is 1. The van der Waals surface area contributed by atoms with Crippen molar-refractivity contribution >= 4 is 54.8 Å². The zero-order chi connectivity index (χ0) is 24.4. The van der Waals surface area contributed by atoms with Crippen molar-refractivity contribution in [1.29, 1.82) is 0 Å². The Morgan fingerprint density at radius 3 is 2.61 bits per heavy atom. The monoisotopic (exact) mass is 510 g/mol. The summed E-state index contributed by atoms with van der Waals surface area (Å²) >= 11 is 1.35. The number of thiazole rings is 1. The molecule has 3 heterocycles. The second kappa shape index (κ2) is 10.1. The number of rotatable bonds is 0. The maximum Gasteiger partial charge on any atom is 0.234 e. The number of carbonyl (C=O) groups excluding carboxylic acids is 3. The first-order valence-electron chi connectivity index (χ1n) is 10.3. The number of carbonyl (C=O) groups is 3. The van der Waals surface area contributed by atoms with Crippen molar-refractivity contribution in [3.05, 3.63) is 46.0 Å². The normalized spacial score (nSPS) is 36.1. The summed E-state index contributed by atoms with van der Waals surface area (Å²) in [5.74, 6) is -0.969. The van der Waals surface area contributed by atoms with Gasteiger partial charge in [0.05, 0.1) is 21.6 Å². The molecule has 178 valence electrons. The van der Waals surface area contributed by atoms with Gasteiger partial charge < -0.3 is 15.5 Å². The van der Waals surface area contributed by atoms with E-state index in [1.54, 1.807) is 31.4 Å². The minimum Gasteiger partial charge on any atom is -0.381 e. The molecule has 1 unspecified atom stereocenters. The average molecular weight is 511 g/mol. The van der Waals surface area contributed by atoms with Crippen molar-refractivity contribution in [2.24, 2.45) is 0 Å². The number of nitrogens with zero attached hydrogens (tertiary/aromatic N) is 1. The molecule has 3 rings (SSSR count). The minimum absolute atomic E-state index is 0.0520. The first-order chi connectivity index (χ1) is 15.5. The molecule has 3 N–H and O–H groups in total. The van der Waals surface area contributed by atoms with Gasteiger partial charge in [0.25, 0.3) is 0 Å². The Morgan fingerprint density at radius 2 is 1.94 bits per heavy atom. The lowest BCUT2D eigenvalue weighted by molar-refractivity contribution is -0.132. The molecule has 2 bridgehead atoms. The number of nitrogens with one attached hydrogen (secondary N) is 1. The van der Waals surface area contributed by atoms with Gasteiger partial charge in [-0.05, 0) is 51.8 Å². The molecule has 0 saturated carbocycles. The first kappa shape index (κ1) is 25.7. The summed E-state index contributed by atoms with van der Waals surface area (Å²) in [6.45, 7) is 4.75. The zero-order valence-corrected chi connectivity index (χ0v) is 20.9. The Labute approximate surface area is 202 Å². The van der Waals surface area contributed by atoms with Crippen molar-refractivity contribution < 1.29 is 28.8 Å². The Hall–Kier alpha value is -1.92. The summed E-state index contributed by atoms with van der Waals surface area (Å²) in [7, 11) is -1.33. The number of hydrogen-bond donors (Lipinski definition) is 3. The standard InChI is InChI=1S/C22H26N2O6S3/c1-13-8-9-22(21(3,29)20(28)32-33(22)30)11-18(27)23-14(2)19-24-15(12-31-19)6-4-5-7-16(25)17(26)10-13/h4-7,10,12,14,17,26,29H,8-9,11H2,1-3H3,(H,23,27)/b6-4-,7-5-,13-10?/t14-,17-,21+,22+,33?/m1/s1. The van der Waals surface area contributed by atoms with Crippen molar-refractivity contribution in [3.63, 3.8) is 0 Å². The third-order valence-corrected chi connectivity index (χ3v) is 10.8. The van der Waals surface area contributed by atoms with Gasteiger partial charge in [0.1, 0.15) is 21.5 Å². The predicted molar refractivity (Wildman–Crippen MR) is 130 cm³/mol. The third kappa shape index (κ3) is 5.43. The summed E-state index contributed by atoms with van der Waals surface area (Å²) in [6.07, 6.45) is 6.07. The number of aromatic nitrogens is 1. The topological polar surface area (TPSA) is 134 Å². The molecule has 0 aromatic carbocycles. The largest absolute Gasteiger partial charge is 0.381 e. The molecule has 1 amide bonds. The van der Waals surface area contributed by atoms with Crippen LogP contribution in [0.15, 0.2) is 35.3 Å². The van der Waals surface area contributed by atoms with E-state index in [4.69, 9.17) is 0 Å². The van der Waals surface area contributed by atoms with E-state index in [0.717, 1.165) is 0 Å². The highest BCUT2D eigenvalue weighted by Crippen LogP contribution is 2.50. The second-order valence-corrected chi connectivity index (χ2v) is 12.4. The molecule has 33 heavy (non-hydrogen) atoms. The van der Waals surface area contributed by atoms with Crippen LogP contribution in [0.5, 0.6) is 0 Å². The molecular weight excluding hydrogens is 484 g/mol. The summed E-state index contributed by atoms with van der Waals surface area (Å²) < 4.78 is 11.5. The fourth-order valence-corrected chi connectivity index (χ4v) is 8.39. The molecule has 1 aromatic rings. The van der Waals surface area contributed by atoms with Gasteiger partial charge in [-0.1, -0.05) is 17.7 Å². The maximum atomic E-state index is 13.0. The van der Waals surface area contributed by atoms with E-state index in [9.17, 15) is 28.8 Å². The van der Waals surface area contributed by atoms with Gasteiger partial charge in [-0.25, -0.2) is 9.19 Å². The lowest BCUT2D eigenvalue weighted by Gasteiger charge is -2.36.